The van der Waals surface area contributed by atoms with Gasteiger partial charge in [-0.3, -0.25) is 4.57 Å². The molecule has 4 rings (SSSR count). The summed E-state index contributed by atoms with van der Waals surface area (Å²) in [6, 6.07) is 11.1. The van der Waals surface area contributed by atoms with Crippen LogP contribution in [0.25, 0.3) is 22.4 Å². The van der Waals surface area contributed by atoms with Crippen molar-refractivity contribution in [3.05, 3.63) is 39.8 Å². The molecule has 11 heteroatoms. The Kier molecular flexibility index (Phi) is 8.85. The number of fused-ring (bicyclic) bond motifs is 1. The first-order chi connectivity index (χ1) is 16.7. The van der Waals surface area contributed by atoms with Crippen LogP contribution in [-0.2, 0) is 20.9 Å². The standard InChI is InChI=1S/C24H31BrClN3O5Si/c1-35(2,3)9-8-31-15-29-21-10-20(26)22(16-4-6-17(25)7-5-16)27-23(21)28-24(29)34-19-13-32-11-18(30)12-33-14-19/h4-7,10,18-19,30H,8-9,11-15H2,1-3H3. The molecule has 3 heterocycles. The largest absolute Gasteiger partial charge is 0.456 e. The normalized spacial score (nSPS) is 19.5. The third-order valence-corrected chi connectivity index (χ3v) is 8.02. The molecule has 2 aromatic heterocycles. The first-order valence-corrected chi connectivity index (χ1v) is 16.5. The van der Waals surface area contributed by atoms with Crippen molar-refractivity contribution >= 4 is 46.8 Å². The van der Waals surface area contributed by atoms with E-state index in [1.54, 1.807) is 0 Å². The predicted octanol–water partition coefficient (Wildman–Crippen LogP) is 4.98. The number of halogens is 2. The molecule has 1 aliphatic heterocycles. The number of nitrogens with zero attached hydrogens (tertiary/aromatic N) is 3. The van der Waals surface area contributed by atoms with Crippen molar-refractivity contribution in [1.82, 2.24) is 14.5 Å². The van der Waals surface area contributed by atoms with Crippen LogP contribution < -0.4 is 4.74 Å². The minimum Gasteiger partial charge on any atom is -0.456 e. The second-order valence-corrected chi connectivity index (χ2v) is 16.8. The number of pyridine rings is 1. The highest BCUT2D eigenvalue weighted by Gasteiger charge is 2.23. The third kappa shape index (κ3) is 7.25. The van der Waals surface area contributed by atoms with E-state index in [-0.39, 0.29) is 39.3 Å². The fraction of sp³-hybridized carbons (Fsp3) is 0.500. The molecule has 0 amide bonds. The van der Waals surface area contributed by atoms with Crippen molar-refractivity contribution in [2.75, 3.05) is 33.0 Å². The van der Waals surface area contributed by atoms with Crippen molar-refractivity contribution in [2.24, 2.45) is 0 Å². The highest BCUT2D eigenvalue weighted by Crippen LogP contribution is 2.32. The molecule has 0 spiro atoms. The van der Waals surface area contributed by atoms with Gasteiger partial charge in [0.1, 0.15) is 18.9 Å². The van der Waals surface area contributed by atoms with Gasteiger partial charge in [-0.2, -0.15) is 4.98 Å². The molecule has 3 aromatic rings. The molecule has 1 N–H and O–H groups in total. The second-order valence-electron chi connectivity index (χ2n) is 9.81. The van der Waals surface area contributed by atoms with Crippen molar-refractivity contribution in [3.8, 4) is 17.3 Å². The van der Waals surface area contributed by atoms with Gasteiger partial charge in [0.15, 0.2) is 5.65 Å². The monoisotopic (exact) mass is 583 g/mol. The van der Waals surface area contributed by atoms with Gasteiger partial charge in [-0.1, -0.05) is 59.3 Å². The Morgan fingerprint density at radius 3 is 2.46 bits per heavy atom. The maximum Gasteiger partial charge on any atom is 0.301 e. The van der Waals surface area contributed by atoms with E-state index >= 15 is 0 Å². The summed E-state index contributed by atoms with van der Waals surface area (Å²) in [6.07, 6.45) is -1.02. The van der Waals surface area contributed by atoms with Crippen molar-refractivity contribution < 1.29 is 24.1 Å². The van der Waals surface area contributed by atoms with E-state index in [0.29, 0.717) is 29.0 Å². The van der Waals surface area contributed by atoms with Crippen LogP contribution in [0, 0.1) is 0 Å². The SMILES string of the molecule is C[Si](C)(C)CCOCn1c(OC2COCC(O)COC2)nc2nc(-c3ccc(Br)cc3)c(Cl)cc21. The topological polar surface area (TPSA) is 87.9 Å². The van der Waals surface area contributed by atoms with E-state index in [1.807, 2.05) is 34.9 Å². The minimum atomic E-state index is -1.23. The molecular formula is C24H31BrClN3O5Si. The maximum absolute atomic E-state index is 9.72. The third-order valence-electron chi connectivity index (χ3n) is 5.49. The van der Waals surface area contributed by atoms with E-state index < -0.39 is 14.2 Å². The summed E-state index contributed by atoms with van der Waals surface area (Å²) < 4.78 is 26.2. The summed E-state index contributed by atoms with van der Waals surface area (Å²) in [6.45, 7) is 8.81. The van der Waals surface area contributed by atoms with Gasteiger partial charge >= 0.3 is 6.01 Å². The lowest BCUT2D eigenvalue weighted by Crippen LogP contribution is -2.36. The van der Waals surface area contributed by atoms with Crippen molar-refractivity contribution in [2.45, 2.75) is 44.6 Å². The van der Waals surface area contributed by atoms with Crippen LogP contribution in [0.3, 0.4) is 0 Å². The van der Waals surface area contributed by atoms with Crippen LogP contribution in [0.5, 0.6) is 6.01 Å². The van der Waals surface area contributed by atoms with Gasteiger partial charge in [-0.25, -0.2) is 4.98 Å². The van der Waals surface area contributed by atoms with Gasteiger partial charge in [0.05, 0.1) is 42.7 Å². The second kappa shape index (κ2) is 11.7. The molecule has 1 saturated heterocycles. The van der Waals surface area contributed by atoms with Gasteiger partial charge in [-0.15, -0.1) is 0 Å². The zero-order valence-electron chi connectivity index (χ0n) is 20.2. The number of benzene rings is 1. The van der Waals surface area contributed by atoms with E-state index in [1.165, 1.54) is 0 Å². The van der Waals surface area contributed by atoms with Crippen molar-refractivity contribution in [3.63, 3.8) is 0 Å². The summed E-state index contributed by atoms with van der Waals surface area (Å²) in [5, 5.41) is 10.2. The number of rotatable bonds is 8. The van der Waals surface area contributed by atoms with Crippen molar-refractivity contribution in [1.29, 1.82) is 0 Å². The van der Waals surface area contributed by atoms with Crippen LogP contribution in [0.15, 0.2) is 34.8 Å². The maximum atomic E-state index is 9.72. The number of ether oxygens (including phenoxy) is 4. The van der Waals surface area contributed by atoms with Crippen LogP contribution in [0.2, 0.25) is 30.7 Å². The molecule has 1 aliphatic rings. The Hall–Kier alpha value is -1.53. The summed E-state index contributed by atoms with van der Waals surface area (Å²) in [4.78, 5) is 9.43. The Morgan fingerprint density at radius 2 is 1.80 bits per heavy atom. The van der Waals surface area contributed by atoms with Gasteiger partial charge in [-0.05, 0) is 24.2 Å². The average molecular weight is 585 g/mol. The Bertz CT molecular complexity index is 1130. The smallest absolute Gasteiger partial charge is 0.301 e. The van der Waals surface area contributed by atoms with E-state index in [0.717, 1.165) is 21.6 Å². The van der Waals surface area contributed by atoms with Gasteiger partial charge < -0.3 is 24.1 Å². The lowest BCUT2D eigenvalue weighted by atomic mass is 10.1. The van der Waals surface area contributed by atoms with E-state index in [9.17, 15) is 5.11 Å². The number of aromatic nitrogens is 3. The molecule has 35 heavy (non-hydrogen) atoms. The molecule has 0 atom stereocenters. The fourth-order valence-corrected chi connectivity index (χ4v) is 4.82. The predicted molar refractivity (Wildman–Crippen MR) is 142 cm³/mol. The Labute approximate surface area is 219 Å². The first kappa shape index (κ1) is 26.5. The summed E-state index contributed by atoms with van der Waals surface area (Å²) >= 11 is 10.1. The summed E-state index contributed by atoms with van der Waals surface area (Å²) in [5.41, 5.74) is 2.78. The zero-order chi connectivity index (χ0) is 25.0. The highest BCUT2D eigenvalue weighted by atomic mass is 79.9. The summed E-state index contributed by atoms with van der Waals surface area (Å²) in [7, 11) is -1.23. The van der Waals surface area contributed by atoms with Gasteiger partial charge in [0, 0.05) is 24.7 Å². The number of imidazole rings is 1. The number of hydrogen-bond donors (Lipinski definition) is 1. The number of aliphatic hydroxyl groups is 1. The number of aliphatic hydroxyl groups excluding tert-OH is 1. The lowest BCUT2D eigenvalue weighted by molar-refractivity contribution is -0.0897. The average Bonchev–Trinajstić information content (AvgIpc) is 3.10. The molecule has 0 aliphatic carbocycles. The molecule has 1 aromatic carbocycles. The first-order valence-electron chi connectivity index (χ1n) is 11.6. The summed E-state index contributed by atoms with van der Waals surface area (Å²) in [5.74, 6) is 0. The molecule has 0 unspecified atom stereocenters. The molecule has 190 valence electrons. The molecular weight excluding hydrogens is 554 g/mol. The van der Waals surface area contributed by atoms with E-state index in [4.69, 9.17) is 35.5 Å². The lowest BCUT2D eigenvalue weighted by Gasteiger charge is -2.23. The fourth-order valence-electron chi connectivity index (χ4n) is 3.55. The zero-order valence-corrected chi connectivity index (χ0v) is 23.5. The van der Waals surface area contributed by atoms with Gasteiger partial charge in [0.25, 0.3) is 0 Å². The van der Waals surface area contributed by atoms with Gasteiger partial charge in [0.2, 0.25) is 0 Å². The highest BCUT2D eigenvalue weighted by molar-refractivity contribution is 9.10. The van der Waals surface area contributed by atoms with Crippen LogP contribution in [0.4, 0.5) is 0 Å². The molecule has 0 radical (unpaired) electrons. The Balaban J connectivity index is 1.63. The molecule has 1 fully saturated rings. The molecule has 0 bridgehead atoms. The number of hydrogen-bond acceptors (Lipinski definition) is 7. The van der Waals surface area contributed by atoms with Crippen LogP contribution >= 0.6 is 27.5 Å². The molecule has 8 nitrogen and oxygen atoms in total. The van der Waals surface area contributed by atoms with E-state index in [2.05, 4.69) is 40.6 Å². The minimum absolute atomic E-state index is 0.198. The molecule has 0 saturated carbocycles. The Morgan fingerprint density at radius 1 is 1.11 bits per heavy atom. The quantitative estimate of drug-likeness (QED) is 0.295. The van der Waals surface area contributed by atoms with Crippen LogP contribution in [-0.4, -0.2) is 73.0 Å². The van der Waals surface area contributed by atoms with Crippen LogP contribution in [0.1, 0.15) is 0 Å².